The fraction of sp³-hybridized carbons (Fsp3) is 0.417. The Balaban J connectivity index is 2.34. The van der Waals surface area contributed by atoms with Crippen LogP contribution in [0.25, 0.3) is 0 Å². The van der Waals surface area contributed by atoms with Crippen LogP contribution in [-0.4, -0.2) is 42.5 Å². The van der Waals surface area contributed by atoms with Crippen LogP contribution in [0.2, 0.25) is 0 Å². The summed E-state index contributed by atoms with van der Waals surface area (Å²) in [5.41, 5.74) is -0.0914. The maximum atomic E-state index is 12.9. The van der Waals surface area contributed by atoms with E-state index in [4.69, 9.17) is 9.84 Å². The second-order valence-electron chi connectivity index (χ2n) is 3.61. The van der Waals surface area contributed by atoms with Gasteiger partial charge in [0.1, 0.15) is 11.6 Å². The van der Waals surface area contributed by atoms with E-state index in [1.165, 1.54) is 0 Å². The van der Waals surface area contributed by atoms with Crippen molar-refractivity contribution in [3.8, 4) is 5.75 Å². The Morgan fingerprint density at radius 1 is 1.39 bits per heavy atom. The maximum Gasteiger partial charge on any atom is 0.255 e. The number of amides is 1. The lowest BCUT2D eigenvalue weighted by molar-refractivity contribution is 0.0866. The van der Waals surface area contributed by atoms with E-state index in [2.05, 4.69) is 5.32 Å². The normalized spacial score (nSPS) is 10.3. The minimum absolute atomic E-state index is 0.0382. The first kappa shape index (κ1) is 14.4. The van der Waals surface area contributed by atoms with Gasteiger partial charge >= 0.3 is 0 Å². The third-order valence-corrected chi connectivity index (χ3v) is 2.19. The number of aliphatic hydroxyl groups is 1. The van der Waals surface area contributed by atoms with Crippen molar-refractivity contribution in [1.29, 1.82) is 0 Å². The van der Waals surface area contributed by atoms with E-state index in [-0.39, 0.29) is 24.5 Å². The summed E-state index contributed by atoms with van der Waals surface area (Å²) in [5.74, 6) is -1.37. The number of aromatic hydroxyl groups is 1. The Morgan fingerprint density at radius 2 is 2.17 bits per heavy atom. The number of carbonyl (C=O) groups excluding carboxylic acids is 1. The number of ether oxygens (including phenoxy) is 1. The molecule has 0 aliphatic carbocycles. The average molecular weight is 257 g/mol. The molecule has 100 valence electrons. The van der Waals surface area contributed by atoms with Crippen molar-refractivity contribution < 1.29 is 24.1 Å². The number of benzene rings is 1. The molecule has 1 aromatic carbocycles. The smallest absolute Gasteiger partial charge is 0.255 e. The number of phenols is 1. The third-order valence-electron chi connectivity index (χ3n) is 2.19. The highest BCUT2D eigenvalue weighted by atomic mass is 19.1. The molecule has 0 spiro atoms. The monoisotopic (exact) mass is 257 g/mol. The van der Waals surface area contributed by atoms with E-state index >= 15 is 0 Å². The Morgan fingerprint density at radius 3 is 2.89 bits per heavy atom. The van der Waals surface area contributed by atoms with Gasteiger partial charge in [-0.1, -0.05) is 0 Å². The van der Waals surface area contributed by atoms with Crippen molar-refractivity contribution in [2.75, 3.05) is 26.4 Å². The molecule has 0 saturated heterocycles. The molecule has 0 bridgehead atoms. The number of halogens is 1. The number of nitrogens with one attached hydrogen (secondary N) is 1. The molecule has 5 nitrogen and oxygen atoms in total. The summed E-state index contributed by atoms with van der Waals surface area (Å²) < 4.78 is 17.9. The van der Waals surface area contributed by atoms with Gasteiger partial charge in [0.2, 0.25) is 0 Å². The number of rotatable bonds is 7. The molecule has 3 N–H and O–H groups in total. The third kappa shape index (κ3) is 4.68. The van der Waals surface area contributed by atoms with Crippen molar-refractivity contribution in [1.82, 2.24) is 5.32 Å². The zero-order chi connectivity index (χ0) is 13.4. The highest BCUT2D eigenvalue weighted by Gasteiger charge is 2.11. The molecule has 1 rings (SSSR count). The van der Waals surface area contributed by atoms with Crippen LogP contribution in [0.5, 0.6) is 5.75 Å². The number of phenolic OH excluding ortho intramolecular Hbond substituents is 1. The van der Waals surface area contributed by atoms with E-state index in [0.29, 0.717) is 19.6 Å². The van der Waals surface area contributed by atoms with E-state index < -0.39 is 11.7 Å². The summed E-state index contributed by atoms with van der Waals surface area (Å²) >= 11 is 0. The zero-order valence-electron chi connectivity index (χ0n) is 9.86. The largest absolute Gasteiger partial charge is 0.507 e. The molecule has 0 saturated carbocycles. The van der Waals surface area contributed by atoms with Gasteiger partial charge in [-0.15, -0.1) is 0 Å². The summed E-state index contributed by atoms with van der Waals surface area (Å²) in [6.45, 7) is 0.984. The van der Waals surface area contributed by atoms with Crippen LogP contribution in [0, 0.1) is 5.82 Å². The summed E-state index contributed by atoms with van der Waals surface area (Å²) in [6, 6.07) is 3.19. The van der Waals surface area contributed by atoms with Gasteiger partial charge in [0.05, 0.1) is 18.8 Å². The van der Waals surface area contributed by atoms with Gasteiger partial charge in [-0.2, -0.15) is 0 Å². The minimum atomic E-state index is -0.579. The molecule has 0 aliphatic rings. The molecule has 0 radical (unpaired) electrons. The molecule has 1 amide bonds. The lowest BCUT2D eigenvalue weighted by atomic mass is 10.2. The van der Waals surface area contributed by atoms with Gasteiger partial charge in [-0.25, -0.2) is 4.39 Å². The molecule has 0 unspecified atom stereocenters. The van der Waals surface area contributed by atoms with Gasteiger partial charge in [-0.3, -0.25) is 4.79 Å². The van der Waals surface area contributed by atoms with E-state index in [1.807, 2.05) is 0 Å². The number of hydrogen-bond donors (Lipinski definition) is 3. The predicted octanol–water partition coefficient (Wildman–Crippen LogP) is 0.660. The quantitative estimate of drug-likeness (QED) is 0.627. The maximum absolute atomic E-state index is 12.9. The van der Waals surface area contributed by atoms with Gasteiger partial charge in [-0.05, 0) is 24.6 Å². The van der Waals surface area contributed by atoms with Crippen molar-refractivity contribution in [3.63, 3.8) is 0 Å². The number of carbonyl (C=O) groups is 1. The zero-order valence-corrected chi connectivity index (χ0v) is 9.86. The number of aliphatic hydroxyl groups excluding tert-OH is 1. The lowest BCUT2D eigenvalue weighted by Gasteiger charge is -2.07. The summed E-state index contributed by atoms with van der Waals surface area (Å²) in [7, 11) is 0. The van der Waals surface area contributed by atoms with Crippen LogP contribution in [0.15, 0.2) is 18.2 Å². The molecule has 18 heavy (non-hydrogen) atoms. The minimum Gasteiger partial charge on any atom is -0.507 e. The van der Waals surface area contributed by atoms with Crippen LogP contribution in [0.1, 0.15) is 16.8 Å². The number of hydrogen-bond acceptors (Lipinski definition) is 4. The molecule has 0 fully saturated rings. The van der Waals surface area contributed by atoms with Gasteiger partial charge in [0.25, 0.3) is 5.91 Å². The molecule has 0 heterocycles. The molecular weight excluding hydrogens is 241 g/mol. The Hall–Kier alpha value is -1.66. The van der Waals surface area contributed by atoms with Crippen LogP contribution in [-0.2, 0) is 4.74 Å². The topological polar surface area (TPSA) is 78.8 Å². The second-order valence-corrected chi connectivity index (χ2v) is 3.61. The highest BCUT2D eigenvalue weighted by molar-refractivity contribution is 5.96. The van der Waals surface area contributed by atoms with Gasteiger partial charge in [0.15, 0.2) is 0 Å². The van der Waals surface area contributed by atoms with Crippen molar-refractivity contribution in [2.45, 2.75) is 6.42 Å². The molecule has 0 atom stereocenters. The highest BCUT2D eigenvalue weighted by Crippen LogP contribution is 2.17. The van der Waals surface area contributed by atoms with E-state index in [9.17, 15) is 14.3 Å². The lowest BCUT2D eigenvalue weighted by Crippen LogP contribution is -2.25. The first-order valence-electron chi connectivity index (χ1n) is 5.60. The molecular formula is C12H16FNO4. The fourth-order valence-electron chi connectivity index (χ4n) is 1.33. The van der Waals surface area contributed by atoms with E-state index in [1.54, 1.807) is 0 Å². The van der Waals surface area contributed by atoms with Crippen molar-refractivity contribution in [2.24, 2.45) is 0 Å². The Bertz CT molecular complexity index is 398. The Kier molecular flexibility index (Phi) is 6.10. The van der Waals surface area contributed by atoms with Crippen molar-refractivity contribution >= 4 is 5.91 Å². The van der Waals surface area contributed by atoms with Crippen LogP contribution < -0.4 is 5.32 Å². The van der Waals surface area contributed by atoms with Crippen molar-refractivity contribution in [3.05, 3.63) is 29.6 Å². The molecule has 0 aliphatic heterocycles. The van der Waals surface area contributed by atoms with Crippen LogP contribution in [0.4, 0.5) is 4.39 Å². The fourth-order valence-corrected chi connectivity index (χ4v) is 1.33. The summed E-state index contributed by atoms with van der Waals surface area (Å²) in [5, 5.41) is 20.4. The second kappa shape index (κ2) is 7.62. The Labute approximate surface area is 104 Å². The van der Waals surface area contributed by atoms with Gasteiger partial charge in [0, 0.05) is 13.2 Å². The summed E-state index contributed by atoms with van der Waals surface area (Å²) in [4.78, 5) is 11.6. The van der Waals surface area contributed by atoms with Crippen LogP contribution in [0.3, 0.4) is 0 Å². The SMILES string of the molecule is O=C(NCCCOCCO)c1cc(F)ccc1O. The first-order valence-corrected chi connectivity index (χ1v) is 5.60. The molecule has 0 aromatic heterocycles. The molecule has 1 aromatic rings. The van der Waals surface area contributed by atoms with E-state index in [0.717, 1.165) is 18.2 Å². The molecule has 6 heteroatoms. The summed E-state index contributed by atoms with van der Waals surface area (Å²) in [6.07, 6.45) is 0.571. The standard InChI is InChI=1S/C12H16FNO4/c13-9-2-3-11(16)10(8-9)12(17)14-4-1-6-18-7-5-15/h2-3,8,15-16H,1,4-7H2,(H,14,17). The predicted molar refractivity (Wildman–Crippen MR) is 62.9 cm³/mol. The first-order chi connectivity index (χ1) is 8.65. The average Bonchev–Trinajstić information content (AvgIpc) is 2.36. The van der Waals surface area contributed by atoms with Crippen LogP contribution >= 0.6 is 0 Å². The van der Waals surface area contributed by atoms with Gasteiger partial charge < -0.3 is 20.3 Å².